The highest BCUT2D eigenvalue weighted by molar-refractivity contribution is 7.92. The molecule has 9 heteroatoms. The minimum absolute atomic E-state index is 0.114. The molecule has 2 N–H and O–H groups in total. The van der Waals surface area contributed by atoms with Crippen molar-refractivity contribution >= 4 is 44.6 Å². The minimum Gasteiger partial charge on any atom is -0.477 e. The van der Waals surface area contributed by atoms with Gasteiger partial charge >= 0.3 is 5.97 Å². The number of anilines is 1. The lowest BCUT2D eigenvalue weighted by Gasteiger charge is -2.12. The van der Waals surface area contributed by atoms with Crippen molar-refractivity contribution in [2.24, 2.45) is 0 Å². The summed E-state index contributed by atoms with van der Waals surface area (Å²) in [6.45, 7) is 3.42. The van der Waals surface area contributed by atoms with Gasteiger partial charge in [-0.1, -0.05) is 23.7 Å². The SMILES string of the molecule is Cc1cc(S(=O)(=O)Nc2cccc(-c3ncc(C(=O)O)s3)c2)c(C)cc1Cl. The van der Waals surface area contributed by atoms with Crippen LogP contribution in [0.1, 0.15) is 20.8 Å². The Hall–Kier alpha value is -2.42. The van der Waals surface area contributed by atoms with Gasteiger partial charge in [0.05, 0.1) is 11.1 Å². The quantitative estimate of drug-likeness (QED) is 0.627. The third-order valence-corrected chi connectivity index (χ3v) is 6.79. The number of carbonyl (C=O) groups is 1. The van der Waals surface area contributed by atoms with Crippen molar-refractivity contribution in [3.63, 3.8) is 0 Å². The Kier molecular flexibility index (Phi) is 5.23. The molecule has 0 radical (unpaired) electrons. The number of carboxylic acids is 1. The molecule has 0 fully saturated rings. The zero-order valence-electron chi connectivity index (χ0n) is 14.4. The van der Waals surface area contributed by atoms with Crippen molar-refractivity contribution < 1.29 is 18.3 Å². The maximum Gasteiger partial charge on any atom is 0.347 e. The van der Waals surface area contributed by atoms with Crippen LogP contribution in [0.3, 0.4) is 0 Å². The summed E-state index contributed by atoms with van der Waals surface area (Å²) in [5.74, 6) is -1.05. The average molecular weight is 423 g/mol. The number of carboxylic acid groups (broad SMARTS) is 1. The summed E-state index contributed by atoms with van der Waals surface area (Å²) < 4.78 is 28.1. The minimum atomic E-state index is -3.81. The van der Waals surface area contributed by atoms with Crippen LogP contribution in [-0.4, -0.2) is 24.5 Å². The van der Waals surface area contributed by atoms with E-state index in [4.69, 9.17) is 16.7 Å². The Balaban J connectivity index is 1.94. The first kappa shape index (κ1) is 19.3. The van der Waals surface area contributed by atoms with Crippen molar-refractivity contribution in [2.75, 3.05) is 4.72 Å². The average Bonchev–Trinajstić information content (AvgIpc) is 3.08. The number of aryl methyl sites for hydroxylation is 2. The molecule has 0 aliphatic carbocycles. The summed E-state index contributed by atoms with van der Waals surface area (Å²) in [6.07, 6.45) is 1.28. The Morgan fingerprint density at radius 3 is 2.59 bits per heavy atom. The van der Waals surface area contributed by atoms with Gasteiger partial charge in [0.15, 0.2) is 0 Å². The first-order chi connectivity index (χ1) is 12.7. The van der Waals surface area contributed by atoms with Gasteiger partial charge in [0.25, 0.3) is 10.0 Å². The van der Waals surface area contributed by atoms with Crippen LogP contribution in [0, 0.1) is 13.8 Å². The number of thiazole rings is 1. The van der Waals surface area contributed by atoms with Gasteiger partial charge in [0.1, 0.15) is 9.88 Å². The van der Waals surface area contributed by atoms with E-state index in [1.165, 1.54) is 12.3 Å². The van der Waals surface area contributed by atoms with Crippen molar-refractivity contribution in [1.29, 1.82) is 0 Å². The van der Waals surface area contributed by atoms with Crippen molar-refractivity contribution in [2.45, 2.75) is 18.7 Å². The molecule has 0 spiro atoms. The molecule has 2 aromatic carbocycles. The molecule has 0 bridgehead atoms. The second-order valence-electron chi connectivity index (χ2n) is 5.89. The Morgan fingerprint density at radius 2 is 1.93 bits per heavy atom. The fourth-order valence-electron chi connectivity index (χ4n) is 2.48. The largest absolute Gasteiger partial charge is 0.477 e. The van der Waals surface area contributed by atoms with Crippen LogP contribution in [0.15, 0.2) is 47.5 Å². The summed E-state index contributed by atoms with van der Waals surface area (Å²) in [6, 6.07) is 9.79. The predicted molar refractivity (Wildman–Crippen MR) is 106 cm³/mol. The van der Waals surface area contributed by atoms with Gasteiger partial charge in [0, 0.05) is 16.3 Å². The van der Waals surface area contributed by atoms with E-state index in [0.29, 0.717) is 32.4 Å². The van der Waals surface area contributed by atoms with Crippen LogP contribution < -0.4 is 4.72 Å². The number of hydrogen-bond donors (Lipinski definition) is 2. The third kappa shape index (κ3) is 4.13. The van der Waals surface area contributed by atoms with Gasteiger partial charge in [-0.25, -0.2) is 18.2 Å². The first-order valence-corrected chi connectivity index (χ1v) is 10.4. The molecule has 0 saturated carbocycles. The molecule has 0 aliphatic heterocycles. The van der Waals surface area contributed by atoms with Crippen LogP contribution in [0.25, 0.3) is 10.6 Å². The first-order valence-electron chi connectivity index (χ1n) is 7.76. The molecular weight excluding hydrogens is 408 g/mol. The molecule has 3 rings (SSSR count). The number of aromatic carboxylic acids is 1. The molecule has 0 atom stereocenters. The summed E-state index contributed by atoms with van der Waals surface area (Å²) in [7, 11) is -3.81. The number of halogens is 1. The van der Waals surface area contributed by atoms with Gasteiger partial charge in [-0.2, -0.15) is 0 Å². The lowest BCUT2D eigenvalue weighted by molar-refractivity contribution is 0.0702. The maximum atomic E-state index is 12.8. The van der Waals surface area contributed by atoms with Crippen LogP contribution in [0.2, 0.25) is 5.02 Å². The summed E-state index contributed by atoms with van der Waals surface area (Å²) >= 11 is 7.07. The molecule has 0 amide bonds. The molecule has 1 aromatic heterocycles. The standard InChI is InChI=1S/C18H15ClN2O4S2/c1-10-7-16(11(2)6-14(10)19)27(24,25)21-13-5-3-4-12(8-13)17-20-9-15(26-17)18(22)23/h3-9,21H,1-2H3,(H,22,23). The van der Waals surface area contributed by atoms with Crippen molar-refractivity contribution in [3.8, 4) is 10.6 Å². The molecule has 140 valence electrons. The van der Waals surface area contributed by atoms with Gasteiger partial charge in [-0.05, 0) is 49.2 Å². The lowest BCUT2D eigenvalue weighted by Crippen LogP contribution is -2.14. The topological polar surface area (TPSA) is 96.4 Å². The number of sulfonamides is 1. The van der Waals surface area contributed by atoms with Crippen LogP contribution in [-0.2, 0) is 10.0 Å². The van der Waals surface area contributed by atoms with Crippen LogP contribution in [0.5, 0.6) is 0 Å². The number of benzene rings is 2. The highest BCUT2D eigenvalue weighted by atomic mass is 35.5. The molecule has 6 nitrogen and oxygen atoms in total. The predicted octanol–water partition coefficient (Wildman–Crippen LogP) is 4.58. The molecule has 27 heavy (non-hydrogen) atoms. The highest BCUT2D eigenvalue weighted by Crippen LogP contribution is 2.29. The smallest absolute Gasteiger partial charge is 0.347 e. The molecular formula is C18H15ClN2O4S2. The Labute approximate surface area is 165 Å². The van der Waals surface area contributed by atoms with E-state index in [1.54, 1.807) is 44.2 Å². The van der Waals surface area contributed by atoms with Crippen LogP contribution in [0.4, 0.5) is 5.69 Å². The van der Waals surface area contributed by atoms with E-state index in [0.717, 1.165) is 11.3 Å². The van der Waals surface area contributed by atoms with E-state index >= 15 is 0 Å². The summed E-state index contributed by atoms with van der Waals surface area (Å²) in [5.41, 5.74) is 2.18. The number of rotatable bonds is 5. The number of nitrogens with one attached hydrogen (secondary N) is 1. The van der Waals surface area contributed by atoms with Gasteiger partial charge in [-0.15, -0.1) is 11.3 Å². The zero-order chi connectivity index (χ0) is 19.8. The monoisotopic (exact) mass is 422 g/mol. The Morgan fingerprint density at radius 1 is 1.19 bits per heavy atom. The molecule has 0 aliphatic rings. The van der Waals surface area contributed by atoms with E-state index in [1.807, 2.05) is 0 Å². The molecule has 0 saturated heterocycles. The summed E-state index contributed by atoms with van der Waals surface area (Å²) in [4.78, 5) is 15.4. The van der Waals surface area contributed by atoms with E-state index < -0.39 is 16.0 Å². The number of aromatic nitrogens is 1. The fraction of sp³-hybridized carbons (Fsp3) is 0.111. The van der Waals surface area contributed by atoms with Gasteiger partial charge < -0.3 is 5.11 Å². The number of hydrogen-bond acceptors (Lipinski definition) is 5. The van der Waals surface area contributed by atoms with E-state index in [-0.39, 0.29) is 9.77 Å². The lowest BCUT2D eigenvalue weighted by atomic mass is 10.2. The highest BCUT2D eigenvalue weighted by Gasteiger charge is 2.19. The number of nitrogens with zero attached hydrogens (tertiary/aromatic N) is 1. The summed E-state index contributed by atoms with van der Waals surface area (Å²) in [5, 5.41) is 10.0. The maximum absolute atomic E-state index is 12.8. The molecule has 0 unspecified atom stereocenters. The second kappa shape index (κ2) is 7.30. The van der Waals surface area contributed by atoms with Gasteiger partial charge in [0.2, 0.25) is 0 Å². The Bertz CT molecular complexity index is 1140. The van der Waals surface area contributed by atoms with Crippen LogP contribution >= 0.6 is 22.9 Å². The van der Waals surface area contributed by atoms with Crippen molar-refractivity contribution in [3.05, 3.63) is 63.6 Å². The fourth-order valence-corrected chi connectivity index (χ4v) is 4.81. The van der Waals surface area contributed by atoms with E-state index in [9.17, 15) is 13.2 Å². The second-order valence-corrected chi connectivity index (χ2v) is 8.98. The zero-order valence-corrected chi connectivity index (χ0v) is 16.7. The van der Waals surface area contributed by atoms with Gasteiger partial charge in [-0.3, -0.25) is 4.72 Å². The molecule has 1 heterocycles. The van der Waals surface area contributed by atoms with Crippen molar-refractivity contribution in [1.82, 2.24) is 4.98 Å². The van der Waals surface area contributed by atoms with E-state index in [2.05, 4.69) is 9.71 Å². The third-order valence-electron chi connectivity index (χ3n) is 3.82. The molecule has 3 aromatic rings. The normalized spacial score (nSPS) is 11.4.